The molecule has 0 amide bonds. The largest absolute Gasteiger partial charge is 0.379 e. The van der Waals surface area contributed by atoms with E-state index in [0.29, 0.717) is 13.2 Å². The van der Waals surface area contributed by atoms with Gasteiger partial charge in [0, 0.05) is 21.6 Å². The van der Waals surface area contributed by atoms with Crippen LogP contribution in [-0.4, -0.2) is 24.2 Å². The second-order valence-corrected chi connectivity index (χ2v) is 5.29. The van der Waals surface area contributed by atoms with Crippen LogP contribution >= 0.6 is 34.2 Å². The number of alkyl halides is 1. The third kappa shape index (κ3) is 5.87. The summed E-state index contributed by atoms with van der Waals surface area (Å²) in [7, 11) is 0. The zero-order valence-electron chi connectivity index (χ0n) is 10.7. The topological polar surface area (TPSA) is 18.5 Å². The van der Waals surface area contributed by atoms with E-state index in [9.17, 15) is 0 Å². The number of halogens is 2. The highest BCUT2D eigenvalue weighted by molar-refractivity contribution is 14.1. The third-order valence-electron chi connectivity index (χ3n) is 2.58. The van der Waals surface area contributed by atoms with Crippen molar-refractivity contribution in [3.8, 4) is 0 Å². The predicted octanol–water partition coefficient (Wildman–Crippen LogP) is 4.65. The van der Waals surface area contributed by atoms with Crippen LogP contribution in [0.1, 0.15) is 31.4 Å². The minimum Gasteiger partial charge on any atom is -0.379 e. The summed E-state index contributed by atoms with van der Waals surface area (Å²) >= 11 is 8.48. The molecule has 18 heavy (non-hydrogen) atoms. The zero-order valence-corrected chi connectivity index (χ0v) is 13.6. The van der Waals surface area contributed by atoms with E-state index in [1.54, 1.807) is 0 Å². The average Bonchev–Trinajstić information content (AvgIpc) is 2.39. The Bertz CT molecular complexity index is 333. The molecule has 0 saturated heterocycles. The SMILES string of the molecule is CCCCOCCOC(CI)c1ccccc1Cl. The van der Waals surface area contributed by atoms with E-state index >= 15 is 0 Å². The third-order valence-corrected chi connectivity index (χ3v) is 3.73. The van der Waals surface area contributed by atoms with Crippen LogP contribution in [0.3, 0.4) is 0 Å². The molecule has 1 unspecified atom stereocenters. The first kappa shape index (κ1) is 16.2. The highest BCUT2D eigenvalue weighted by Crippen LogP contribution is 2.26. The fraction of sp³-hybridized carbons (Fsp3) is 0.571. The van der Waals surface area contributed by atoms with Crippen LogP contribution in [-0.2, 0) is 9.47 Å². The Balaban J connectivity index is 2.32. The van der Waals surface area contributed by atoms with E-state index in [2.05, 4.69) is 29.5 Å². The molecule has 0 aliphatic carbocycles. The van der Waals surface area contributed by atoms with Crippen LogP contribution in [0.2, 0.25) is 5.02 Å². The molecule has 1 aromatic rings. The van der Waals surface area contributed by atoms with Crippen molar-refractivity contribution < 1.29 is 9.47 Å². The normalized spacial score (nSPS) is 12.6. The highest BCUT2D eigenvalue weighted by Gasteiger charge is 2.13. The summed E-state index contributed by atoms with van der Waals surface area (Å²) in [5.74, 6) is 0. The minimum absolute atomic E-state index is 0.0501. The van der Waals surface area contributed by atoms with Gasteiger partial charge in [0.2, 0.25) is 0 Å². The lowest BCUT2D eigenvalue weighted by Crippen LogP contribution is -2.11. The van der Waals surface area contributed by atoms with E-state index < -0.39 is 0 Å². The first-order valence-corrected chi connectivity index (χ1v) is 8.19. The van der Waals surface area contributed by atoms with E-state index in [0.717, 1.165) is 34.5 Å². The molecule has 102 valence electrons. The Morgan fingerprint density at radius 1 is 1.22 bits per heavy atom. The molecule has 0 aromatic heterocycles. The van der Waals surface area contributed by atoms with Gasteiger partial charge in [-0.1, -0.05) is 65.7 Å². The predicted molar refractivity (Wildman–Crippen MR) is 84.8 cm³/mol. The fourth-order valence-electron chi connectivity index (χ4n) is 1.55. The first-order valence-electron chi connectivity index (χ1n) is 6.29. The highest BCUT2D eigenvalue weighted by atomic mass is 127. The molecule has 1 aromatic carbocycles. The summed E-state index contributed by atoms with van der Waals surface area (Å²) in [6, 6.07) is 7.84. The van der Waals surface area contributed by atoms with Crippen LogP contribution in [0, 0.1) is 0 Å². The van der Waals surface area contributed by atoms with Crippen molar-refractivity contribution in [2.24, 2.45) is 0 Å². The van der Waals surface area contributed by atoms with Gasteiger partial charge in [-0.15, -0.1) is 0 Å². The number of unbranched alkanes of at least 4 members (excludes halogenated alkanes) is 1. The molecule has 1 atom stereocenters. The maximum Gasteiger partial charge on any atom is 0.0929 e. The van der Waals surface area contributed by atoms with Gasteiger partial charge in [-0.2, -0.15) is 0 Å². The lowest BCUT2D eigenvalue weighted by Gasteiger charge is -2.17. The molecule has 0 aliphatic rings. The Hall–Kier alpha value is 0.160. The second-order valence-electron chi connectivity index (χ2n) is 4.00. The van der Waals surface area contributed by atoms with Gasteiger partial charge in [-0.3, -0.25) is 0 Å². The number of hydrogen-bond acceptors (Lipinski definition) is 2. The van der Waals surface area contributed by atoms with Gasteiger partial charge in [-0.25, -0.2) is 0 Å². The van der Waals surface area contributed by atoms with Gasteiger partial charge >= 0.3 is 0 Å². The summed E-state index contributed by atoms with van der Waals surface area (Å²) in [5.41, 5.74) is 1.06. The lowest BCUT2D eigenvalue weighted by molar-refractivity contribution is 0.0140. The average molecular weight is 383 g/mol. The van der Waals surface area contributed by atoms with Crippen molar-refractivity contribution in [1.82, 2.24) is 0 Å². The smallest absolute Gasteiger partial charge is 0.0929 e. The maximum absolute atomic E-state index is 6.16. The van der Waals surface area contributed by atoms with Gasteiger partial charge in [-0.05, 0) is 12.5 Å². The Morgan fingerprint density at radius 2 is 2.00 bits per heavy atom. The number of ether oxygens (including phenoxy) is 2. The number of rotatable bonds is 9. The summed E-state index contributed by atoms with van der Waals surface area (Å²) < 4.78 is 12.2. The van der Waals surface area contributed by atoms with E-state index in [-0.39, 0.29) is 6.10 Å². The number of benzene rings is 1. The summed E-state index contributed by atoms with van der Waals surface area (Å²) in [4.78, 5) is 0. The Labute approximate surface area is 128 Å². The van der Waals surface area contributed by atoms with Crippen LogP contribution < -0.4 is 0 Å². The molecule has 0 heterocycles. The van der Waals surface area contributed by atoms with Crippen molar-refractivity contribution in [2.45, 2.75) is 25.9 Å². The van der Waals surface area contributed by atoms with Crippen LogP contribution in [0.15, 0.2) is 24.3 Å². The summed E-state index contributed by atoms with van der Waals surface area (Å²) in [5, 5.41) is 0.770. The molecular formula is C14H20ClIO2. The van der Waals surface area contributed by atoms with Gasteiger partial charge in [0.25, 0.3) is 0 Å². The molecule has 1 rings (SSSR count). The fourth-order valence-corrected chi connectivity index (χ4v) is 2.54. The van der Waals surface area contributed by atoms with Gasteiger partial charge < -0.3 is 9.47 Å². The Kier molecular flexibility index (Phi) is 9.02. The molecule has 0 aliphatic heterocycles. The number of hydrogen-bond donors (Lipinski definition) is 0. The molecule has 0 spiro atoms. The first-order chi connectivity index (χ1) is 8.79. The summed E-state index contributed by atoms with van der Waals surface area (Å²) in [6.07, 6.45) is 2.32. The molecule has 2 nitrogen and oxygen atoms in total. The molecule has 0 N–H and O–H groups in total. The van der Waals surface area contributed by atoms with Crippen molar-refractivity contribution in [3.63, 3.8) is 0 Å². The molecule has 0 radical (unpaired) electrons. The van der Waals surface area contributed by atoms with E-state index in [1.165, 1.54) is 0 Å². The quantitative estimate of drug-likeness (QED) is 0.352. The molecule has 0 fully saturated rings. The monoisotopic (exact) mass is 382 g/mol. The molecule has 4 heteroatoms. The van der Waals surface area contributed by atoms with Crippen molar-refractivity contribution >= 4 is 34.2 Å². The minimum atomic E-state index is 0.0501. The zero-order chi connectivity index (χ0) is 13.2. The van der Waals surface area contributed by atoms with Crippen molar-refractivity contribution in [3.05, 3.63) is 34.9 Å². The van der Waals surface area contributed by atoms with E-state index in [4.69, 9.17) is 21.1 Å². The summed E-state index contributed by atoms with van der Waals surface area (Å²) in [6.45, 7) is 4.24. The molecular weight excluding hydrogens is 363 g/mol. The van der Waals surface area contributed by atoms with Gasteiger partial charge in [0.05, 0.1) is 19.3 Å². The van der Waals surface area contributed by atoms with Gasteiger partial charge in [0.15, 0.2) is 0 Å². The van der Waals surface area contributed by atoms with Crippen LogP contribution in [0.5, 0.6) is 0 Å². The van der Waals surface area contributed by atoms with Gasteiger partial charge in [0.1, 0.15) is 0 Å². The standard InChI is InChI=1S/C14H20ClIO2/c1-2-3-8-17-9-10-18-14(11-16)12-6-4-5-7-13(12)15/h4-7,14H,2-3,8-11H2,1H3. The molecule has 0 bridgehead atoms. The maximum atomic E-state index is 6.16. The molecule has 0 saturated carbocycles. The van der Waals surface area contributed by atoms with E-state index in [1.807, 2.05) is 24.3 Å². The van der Waals surface area contributed by atoms with Crippen LogP contribution in [0.25, 0.3) is 0 Å². The van der Waals surface area contributed by atoms with Crippen molar-refractivity contribution in [1.29, 1.82) is 0 Å². The Morgan fingerprint density at radius 3 is 2.67 bits per heavy atom. The van der Waals surface area contributed by atoms with Crippen molar-refractivity contribution in [2.75, 3.05) is 24.2 Å². The second kappa shape index (κ2) is 10.0. The van der Waals surface area contributed by atoms with Crippen LogP contribution in [0.4, 0.5) is 0 Å². The lowest BCUT2D eigenvalue weighted by atomic mass is 10.1.